The van der Waals surface area contributed by atoms with E-state index in [-0.39, 0.29) is 0 Å². The van der Waals surface area contributed by atoms with Gasteiger partial charge in [-0.3, -0.25) is 4.79 Å². The highest BCUT2D eigenvalue weighted by Crippen LogP contribution is 2.70. The van der Waals surface area contributed by atoms with Crippen LogP contribution in [0.1, 0.15) is 86.0 Å². The van der Waals surface area contributed by atoms with E-state index in [1.54, 1.807) is 0 Å². The third kappa shape index (κ3) is 2.00. The van der Waals surface area contributed by atoms with Crippen molar-refractivity contribution in [3.63, 3.8) is 0 Å². The Morgan fingerprint density at radius 2 is 1.61 bits per heavy atom. The van der Waals surface area contributed by atoms with Gasteiger partial charge in [0.15, 0.2) is 0 Å². The summed E-state index contributed by atoms with van der Waals surface area (Å²) in [6, 6.07) is 0. The van der Waals surface area contributed by atoms with E-state index >= 15 is 0 Å². The normalized spacial score (nSPS) is 55.0. The first kappa shape index (κ1) is 16.2. The monoisotopic (exact) mass is 316 g/mol. The van der Waals surface area contributed by atoms with Crippen LogP contribution in [0.5, 0.6) is 0 Å². The summed E-state index contributed by atoms with van der Waals surface area (Å²) in [5.41, 5.74) is 1.53. The SMILES string of the molecule is CC1CC2C(CCC3(C)C2CCC3(C)C)C2(C)CCC(=O)CC12. The van der Waals surface area contributed by atoms with Crippen molar-refractivity contribution in [3.05, 3.63) is 0 Å². The van der Waals surface area contributed by atoms with Crippen LogP contribution in [-0.2, 0) is 4.79 Å². The predicted octanol–water partition coefficient (Wildman–Crippen LogP) is 5.87. The van der Waals surface area contributed by atoms with E-state index in [2.05, 4.69) is 34.6 Å². The molecule has 0 aromatic carbocycles. The molecule has 0 saturated heterocycles. The number of carbonyl (C=O) groups is 1. The maximum absolute atomic E-state index is 12.1. The lowest BCUT2D eigenvalue weighted by Gasteiger charge is -2.62. The molecule has 0 spiro atoms. The Morgan fingerprint density at radius 1 is 0.913 bits per heavy atom. The van der Waals surface area contributed by atoms with Crippen LogP contribution in [-0.4, -0.2) is 5.78 Å². The molecule has 1 heteroatoms. The fourth-order valence-electron chi connectivity index (χ4n) is 8.01. The van der Waals surface area contributed by atoms with Gasteiger partial charge in [0.2, 0.25) is 0 Å². The van der Waals surface area contributed by atoms with Gasteiger partial charge in [0, 0.05) is 12.8 Å². The van der Waals surface area contributed by atoms with Gasteiger partial charge in [-0.1, -0.05) is 34.6 Å². The molecule has 7 unspecified atom stereocenters. The topological polar surface area (TPSA) is 17.1 Å². The molecule has 0 N–H and O–H groups in total. The second-order valence-corrected chi connectivity index (χ2v) is 10.8. The van der Waals surface area contributed by atoms with Crippen LogP contribution in [0.4, 0.5) is 0 Å². The molecule has 4 saturated carbocycles. The van der Waals surface area contributed by atoms with Gasteiger partial charge in [-0.2, -0.15) is 0 Å². The quantitative estimate of drug-likeness (QED) is 0.546. The molecule has 0 aliphatic heterocycles. The average Bonchev–Trinajstić information content (AvgIpc) is 2.72. The number of Topliss-reactive ketones (excluding diaryl/α,β-unsaturated/α-hetero) is 1. The van der Waals surface area contributed by atoms with Gasteiger partial charge < -0.3 is 0 Å². The minimum Gasteiger partial charge on any atom is -0.300 e. The van der Waals surface area contributed by atoms with E-state index in [4.69, 9.17) is 0 Å². The lowest BCUT2D eigenvalue weighted by atomic mass is 9.42. The Balaban J connectivity index is 1.69. The Morgan fingerprint density at radius 3 is 2.35 bits per heavy atom. The van der Waals surface area contributed by atoms with Gasteiger partial charge in [-0.05, 0) is 84.4 Å². The smallest absolute Gasteiger partial charge is 0.133 e. The molecule has 0 amide bonds. The molecule has 7 atom stereocenters. The number of hydrogen-bond acceptors (Lipinski definition) is 1. The van der Waals surface area contributed by atoms with Gasteiger partial charge >= 0.3 is 0 Å². The highest BCUT2D eigenvalue weighted by molar-refractivity contribution is 5.79. The summed E-state index contributed by atoms with van der Waals surface area (Å²) in [4.78, 5) is 12.1. The van der Waals surface area contributed by atoms with Crippen molar-refractivity contribution in [3.8, 4) is 0 Å². The fraction of sp³-hybridized carbons (Fsp3) is 0.955. The Bertz CT molecular complexity index is 520. The minimum atomic E-state index is 0.449. The molecule has 23 heavy (non-hydrogen) atoms. The summed E-state index contributed by atoms with van der Waals surface area (Å²) in [6.07, 6.45) is 10.0. The first-order valence-corrected chi connectivity index (χ1v) is 10.2. The van der Waals surface area contributed by atoms with Crippen molar-refractivity contribution in [1.29, 1.82) is 0 Å². The van der Waals surface area contributed by atoms with Crippen LogP contribution in [0, 0.1) is 45.8 Å². The molecular weight excluding hydrogens is 280 g/mol. The Labute approximate surface area is 143 Å². The average molecular weight is 317 g/mol. The van der Waals surface area contributed by atoms with Crippen molar-refractivity contribution < 1.29 is 4.79 Å². The van der Waals surface area contributed by atoms with Crippen LogP contribution in [0.2, 0.25) is 0 Å². The highest BCUT2D eigenvalue weighted by atomic mass is 16.1. The molecule has 130 valence electrons. The zero-order chi connectivity index (χ0) is 16.6. The Kier molecular flexibility index (Phi) is 3.41. The second kappa shape index (κ2) is 4.85. The highest BCUT2D eigenvalue weighted by Gasteiger charge is 2.63. The van der Waals surface area contributed by atoms with Gasteiger partial charge in [-0.15, -0.1) is 0 Å². The summed E-state index contributed by atoms with van der Waals surface area (Å²) in [5, 5.41) is 0. The van der Waals surface area contributed by atoms with Crippen molar-refractivity contribution in [2.24, 2.45) is 45.8 Å². The van der Waals surface area contributed by atoms with Gasteiger partial charge in [0.25, 0.3) is 0 Å². The Hall–Kier alpha value is -0.330. The first-order chi connectivity index (χ1) is 10.7. The number of rotatable bonds is 0. The van der Waals surface area contributed by atoms with E-state index in [0.717, 1.165) is 36.5 Å². The summed E-state index contributed by atoms with van der Waals surface area (Å²) < 4.78 is 0. The summed E-state index contributed by atoms with van der Waals surface area (Å²) in [6.45, 7) is 12.7. The van der Waals surface area contributed by atoms with Crippen LogP contribution < -0.4 is 0 Å². The zero-order valence-electron chi connectivity index (χ0n) is 16.0. The zero-order valence-corrected chi connectivity index (χ0v) is 16.0. The standard InChI is InChI=1S/C22H36O/c1-14-12-16-17(21(4)10-6-15(23)13-19(14)21)8-11-22(5)18(16)7-9-20(22,2)3/h14,16-19H,6-13H2,1-5H3. The van der Waals surface area contributed by atoms with E-state index in [0.29, 0.717) is 27.9 Å². The molecule has 4 rings (SSSR count). The molecule has 0 aromatic heterocycles. The van der Waals surface area contributed by atoms with Gasteiger partial charge in [-0.25, -0.2) is 0 Å². The molecular formula is C22H36O. The molecule has 0 aromatic rings. The molecule has 4 fully saturated rings. The van der Waals surface area contributed by atoms with Crippen LogP contribution >= 0.6 is 0 Å². The number of carbonyl (C=O) groups excluding carboxylic acids is 1. The first-order valence-electron chi connectivity index (χ1n) is 10.2. The number of hydrogen-bond donors (Lipinski definition) is 0. The van der Waals surface area contributed by atoms with Crippen molar-refractivity contribution >= 4 is 5.78 Å². The van der Waals surface area contributed by atoms with Crippen LogP contribution in [0.25, 0.3) is 0 Å². The second-order valence-electron chi connectivity index (χ2n) is 10.8. The molecule has 4 aliphatic rings. The fourth-order valence-corrected chi connectivity index (χ4v) is 8.01. The summed E-state index contributed by atoms with van der Waals surface area (Å²) >= 11 is 0. The van der Waals surface area contributed by atoms with Crippen molar-refractivity contribution in [2.45, 2.75) is 86.0 Å². The van der Waals surface area contributed by atoms with E-state index < -0.39 is 0 Å². The van der Waals surface area contributed by atoms with Crippen LogP contribution in [0.15, 0.2) is 0 Å². The van der Waals surface area contributed by atoms with E-state index in [1.807, 2.05) is 0 Å². The maximum Gasteiger partial charge on any atom is 0.133 e. The third-order valence-corrected chi connectivity index (χ3v) is 9.87. The molecule has 0 bridgehead atoms. The van der Waals surface area contributed by atoms with Gasteiger partial charge in [0.05, 0.1) is 0 Å². The lowest BCUT2D eigenvalue weighted by molar-refractivity contribution is -0.152. The lowest BCUT2D eigenvalue weighted by Crippen LogP contribution is -2.56. The van der Waals surface area contributed by atoms with Gasteiger partial charge in [0.1, 0.15) is 5.78 Å². The molecule has 1 nitrogen and oxygen atoms in total. The minimum absolute atomic E-state index is 0.449. The van der Waals surface area contributed by atoms with Crippen molar-refractivity contribution in [1.82, 2.24) is 0 Å². The summed E-state index contributed by atoms with van der Waals surface area (Å²) in [5.74, 6) is 4.72. The number of ketones is 1. The largest absolute Gasteiger partial charge is 0.300 e. The van der Waals surface area contributed by atoms with E-state index in [1.165, 1.54) is 38.5 Å². The maximum atomic E-state index is 12.1. The van der Waals surface area contributed by atoms with E-state index in [9.17, 15) is 4.79 Å². The molecule has 4 aliphatic carbocycles. The van der Waals surface area contributed by atoms with Crippen LogP contribution in [0.3, 0.4) is 0 Å². The summed E-state index contributed by atoms with van der Waals surface area (Å²) in [7, 11) is 0. The molecule has 0 radical (unpaired) electrons. The number of fused-ring (bicyclic) bond motifs is 5. The predicted molar refractivity (Wildman–Crippen MR) is 95.1 cm³/mol. The van der Waals surface area contributed by atoms with Crippen molar-refractivity contribution in [2.75, 3.05) is 0 Å². The molecule has 0 heterocycles. The third-order valence-electron chi connectivity index (χ3n) is 9.87.